The fourth-order valence-corrected chi connectivity index (χ4v) is 1.81. The summed E-state index contributed by atoms with van der Waals surface area (Å²) < 4.78 is 0. The highest BCUT2D eigenvalue weighted by Gasteiger charge is 2.33. The van der Waals surface area contributed by atoms with Crippen molar-refractivity contribution in [3.8, 4) is 0 Å². The zero-order chi connectivity index (χ0) is 10.9. The Morgan fingerprint density at radius 3 is 2.67 bits per heavy atom. The molecule has 0 aromatic rings. The quantitative estimate of drug-likeness (QED) is 0.605. The molecule has 1 atom stereocenters. The minimum absolute atomic E-state index is 0.0475. The lowest BCUT2D eigenvalue weighted by Crippen LogP contribution is -2.57. The predicted molar refractivity (Wildman–Crippen MR) is 59.4 cm³/mol. The maximum atomic E-state index is 11.6. The molecular weight excluding hydrogens is 190 g/mol. The summed E-state index contributed by atoms with van der Waals surface area (Å²) in [5.74, 6) is 0.112. The molecule has 0 heterocycles. The summed E-state index contributed by atoms with van der Waals surface area (Å²) in [6.45, 7) is 2.66. The minimum Gasteiger partial charge on any atom is -0.352 e. The van der Waals surface area contributed by atoms with E-state index in [9.17, 15) is 4.79 Å². The first-order valence-corrected chi connectivity index (χ1v) is 5.92. The third-order valence-electron chi connectivity index (χ3n) is 3.43. The highest BCUT2D eigenvalue weighted by molar-refractivity contribution is 5.81. The van der Waals surface area contributed by atoms with Gasteiger partial charge in [-0.1, -0.05) is 0 Å². The van der Waals surface area contributed by atoms with Crippen molar-refractivity contribution in [2.75, 3.05) is 6.54 Å². The summed E-state index contributed by atoms with van der Waals surface area (Å²) in [5.41, 5.74) is 6.02. The van der Waals surface area contributed by atoms with E-state index in [1.54, 1.807) is 0 Å². The Morgan fingerprint density at radius 2 is 2.20 bits per heavy atom. The molecule has 4 N–H and O–H groups in total. The molecule has 0 spiro atoms. The van der Waals surface area contributed by atoms with Gasteiger partial charge < -0.3 is 16.4 Å². The molecule has 0 saturated heterocycles. The lowest BCUT2D eigenvalue weighted by molar-refractivity contribution is -0.123. The summed E-state index contributed by atoms with van der Waals surface area (Å²) in [5, 5.41) is 6.20. The fourth-order valence-electron chi connectivity index (χ4n) is 1.81. The maximum Gasteiger partial charge on any atom is 0.237 e. The van der Waals surface area contributed by atoms with E-state index in [1.165, 1.54) is 6.42 Å². The Morgan fingerprint density at radius 1 is 1.53 bits per heavy atom. The van der Waals surface area contributed by atoms with E-state index in [0.29, 0.717) is 6.04 Å². The van der Waals surface area contributed by atoms with Gasteiger partial charge in [-0.05, 0) is 39.0 Å². The topological polar surface area (TPSA) is 67.1 Å². The van der Waals surface area contributed by atoms with Crippen LogP contribution in [0.15, 0.2) is 0 Å². The number of nitrogens with one attached hydrogen (secondary N) is 2. The molecule has 15 heavy (non-hydrogen) atoms. The van der Waals surface area contributed by atoms with Crippen molar-refractivity contribution in [1.82, 2.24) is 10.6 Å². The van der Waals surface area contributed by atoms with Crippen LogP contribution in [0, 0.1) is 0 Å². The second-order valence-corrected chi connectivity index (χ2v) is 5.10. The number of hydrogen-bond acceptors (Lipinski definition) is 3. The van der Waals surface area contributed by atoms with E-state index in [1.807, 2.05) is 6.92 Å². The lowest BCUT2D eigenvalue weighted by atomic mass is 9.77. The molecule has 0 bridgehead atoms. The van der Waals surface area contributed by atoms with Gasteiger partial charge in [0, 0.05) is 18.1 Å². The molecule has 2 rings (SSSR count). The molecule has 0 aliphatic heterocycles. The van der Waals surface area contributed by atoms with Gasteiger partial charge in [-0.15, -0.1) is 0 Å². The van der Waals surface area contributed by atoms with Crippen molar-refractivity contribution < 1.29 is 4.79 Å². The number of amides is 1. The highest BCUT2D eigenvalue weighted by Crippen LogP contribution is 2.28. The van der Waals surface area contributed by atoms with E-state index in [4.69, 9.17) is 5.73 Å². The van der Waals surface area contributed by atoms with Crippen LogP contribution < -0.4 is 16.4 Å². The Hall–Kier alpha value is -0.610. The first kappa shape index (κ1) is 10.9. The van der Waals surface area contributed by atoms with Crippen LogP contribution in [0.3, 0.4) is 0 Å². The molecule has 2 fully saturated rings. The molecule has 0 aromatic heterocycles. The smallest absolute Gasteiger partial charge is 0.237 e. The Labute approximate surface area is 91.0 Å². The van der Waals surface area contributed by atoms with Crippen LogP contribution in [0.25, 0.3) is 0 Å². The largest absolute Gasteiger partial charge is 0.352 e. The molecule has 1 amide bonds. The SMILES string of the molecule is CC(NCC1(N)CCC1)C(=O)NC1CC1. The second kappa shape index (κ2) is 4.10. The van der Waals surface area contributed by atoms with Gasteiger partial charge in [-0.25, -0.2) is 0 Å². The van der Waals surface area contributed by atoms with Crippen LogP contribution in [0.2, 0.25) is 0 Å². The van der Waals surface area contributed by atoms with E-state index in [2.05, 4.69) is 10.6 Å². The Kier molecular flexibility index (Phi) is 2.98. The third kappa shape index (κ3) is 2.92. The lowest BCUT2D eigenvalue weighted by Gasteiger charge is -2.39. The average Bonchev–Trinajstić information content (AvgIpc) is 2.94. The van der Waals surface area contributed by atoms with Crippen LogP contribution >= 0.6 is 0 Å². The maximum absolute atomic E-state index is 11.6. The molecule has 2 aliphatic carbocycles. The van der Waals surface area contributed by atoms with Gasteiger partial charge in [-0.2, -0.15) is 0 Å². The monoisotopic (exact) mass is 211 g/mol. The van der Waals surface area contributed by atoms with Crippen molar-refractivity contribution in [3.63, 3.8) is 0 Å². The number of nitrogens with two attached hydrogens (primary N) is 1. The van der Waals surface area contributed by atoms with E-state index in [0.717, 1.165) is 32.2 Å². The number of hydrogen-bond donors (Lipinski definition) is 3. The Balaban J connectivity index is 1.66. The van der Waals surface area contributed by atoms with Crippen molar-refractivity contribution in [3.05, 3.63) is 0 Å². The molecule has 0 aromatic carbocycles. The van der Waals surface area contributed by atoms with Crippen LogP contribution in [0.1, 0.15) is 39.0 Å². The van der Waals surface area contributed by atoms with Gasteiger partial charge in [0.05, 0.1) is 6.04 Å². The normalized spacial score (nSPS) is 25.5. The predicted octanol–water partition coefficient (Wildman–Crippen LogP) is 0.125. The molecular formula is C11H21N3O. The second-order valence-electron chi connectivity index (χ2n) is 5.10. The van der Waals surface area contributed by atoms with Gasteiger partial charge in [0.1, 0.15) is 0 Å². The standard InChI is InChI=1S/C11H21N3O/c1-8(10(15)14-9-3-4-9)13-7-11(12)5-2-6-11/h8-9,13H,2-7,12H2,1H3,(H,14,15). The summed E-state index contributed by atoms with van der Waals surface area (Å²) in [6, 6.07) is 0.323. The first-order chi connectivity index (χ1) is 7.09. The summed E-state index contributed by atoms with van der Waals surface area (Å²) in [6.07, 6.45) is 5.66. The van der Waals surface area contributed by atoms with Crippen LogP contribution in [-0.2, 0) is 4.79 Å². The number of carbonyl (C=O) groups excluding carboxylic acids is 1. The van der Waals surface area contributed by atoms with Gasteiger partial charge in [0.25, 0.3) is 0 Å². The third-order valence-corrected chi connectivity index (χ3v) is 3.43. The van der Waals surface area contributed by atoms with Gasteiger partial charge in [0.2, 0.25) is 5.91 Å². The van der Waals surface area contributed by atoms with Crippen LogP contribution in [0.4, 0.5) is 0 Å². The zero-order valence-corrected chi connectivity index (χ0v) is 9.38. The van der Waals surface area contributed by atoms with Crippen LogP contribution in [0.5, 0.6) is 0 Å². The van der Waals surface area contributed by atoms with Gasteiger partial charge in [-0.3, -0.25) is 4.79 Å². The van der Waals surface area contributed by atoms with Crippen molar-refractivity contribution in [2.24, 2.45) is 5.73 Å². The summed E-state index contributed by atoms with van der Waals surface area (Å²) in [7, 11) is 0. The average molecular weight is 211 g/mol. The molecule has 2 aliphatic rings. The molecule has 0 radical (unpaired) electrons. The fraction of sp³-hybridized carbons (Fsp3) is 0.909. The van der Waals surface area contributed by atoms with E-state index >= 15 is 0 Å². The van der Waals surface area contributed by atoms with E-state index in [-0.39, 0.29) is 17.5 Å². The minimum atomic E-state index is -0.119. The molecule has 1 unspecified atom stereocenters. The summed E-state index contributed by atoms with van der Waals surface area (Å²) in [4.78, 5) is 11.6. The van der Waals surface area contributed by atoms with Gasteiger partial charge in [0.15, 0.2) is 0 Å². The highest BCUT2D eigenvalue weighted by atomic mass is 16.2. The van der Waals surface area contributed by atoms with Crippen molar-refractivity contribution in [1.29, 1.82) is 0 Å². The van der Waals surface area contributed by atoms with Crippen LogP contribution in [-0.4, -0.2) is 30.1 Å². The molecule has 86 valence electrons. The molecule has 4 nitrogen and oxygen atoms in total. The number of rotatable bonds is 5. The number of carbonyl (C=O) groups is 1. The van der Waals surface area contributed by atoms with Crippen molar-refractivity contribution in [2.45, 2.75) is 56.7 Å². The summed E-state index contributed by atoms with van der Waals surface area (Å²) >= 11 is 0. The molecule has 2 saturated carbocycles. The molecule has 4 heteroatoms. The van der Waals surface area contributed by atoms with Crippen molar-refractivity contribution >= 4 is 5.91 Å². The zero-order valence-electron chi connectivity index (χ0n) is 9.38. The first-order valence-electron chi connectivity index (χ1n) is 5.92. The van der Waals surface area contributed by atoms with Gasteiger partial charge >= 0.3 is 0 Å². The Bertz CT molecular complexity index is 246. The van der Waals surface area contributed by atoms with E-state index < -0.39 is 0 Å².